The molecule has 0 aliphatic carbocycles. The van der Waals surface area contributed by atoms with Gasteiger partial charge in [0.2, 0.25) is 0 Å². The second-order valence-electron chi connectivity index (χ2n) is 11.1. The van der Waals surface area contributed by atoms with E-state index < -0.39 is 24.3 Å². The maximum Gasteiger partial charge on any atom is 0.384 e. The van der Waals surface area contributed by atoms with Crippen LogP contribution < -0.4 is 0 Å². The summed E-state index contributed by atoms with van der Waals surface area (Å²) in [5.74, 6) is 5.33. The Bertz CT molecular complexity index is 986. The van der Waals surface area contributed by atoms with E-state index in [-0.39, 0.29) is 30.5 Å². The lowest BCUT2D eigenvalue weighted by Crippen LogP contribution is -2.34. The molecule has 4 rings (SSSR count). The van der Waals surface area contributed by atoms with Gasteiger partial charge in [0.25, 0.3) is 0 Å². The van der Waals surface area contributed by atoms with Gasteiger partial charge in [-0.3, -0.25) is 0 Å². The molecule has 0 radical (unpaired) electrons. The number of rotatable bonds is 4. The van der Waals surface area contributed by atoms with Crippen LogP contribution >= 0.6 is 0 Å². The molecule has 1 N–H and O–H groups in total. The monoisotopic (exact) mass is 526 g/mol. The highest BCUT2D eigenvalue weighted by Crippen LogP contribution is 2.35. The summed E-state index contributed by atoms with van der Waals surface area (Å²) in [6.07, 6.45) is 12.3. The molecule has 7 nitrogen and oxygen atoms in total. The third-order valence-corrected chi connectivity index (χ3v) is 7.55. The number of hydrogen-bond acceptors (Lipinski definition) is 7. The van der Waals surface area contributed by atoms with Gasteiger partial charge in [-0.1, -0.05) is 60.9 Å². The first kappa shape index (κ1) is 28.8. The molecule has 4 aliphatic heterocycles. The molecule has 0 spiro atoms. The Hall–Kier alpha value is -2.21. The van der Waals surface area contributed by atoms with Gasteiger partial charge in [-0.05, 0) is 44.9 Å². The predicted octanol–water partition coefficient (Wildman–Crippen LogP) is 4.21. The summed E-state index contributed by atoms with van der Waals surface area (Å²) < 4.78 is 29.4. The Balaban J connectivity index is 1.48. The molecule has 0 amide bonds. The molecule has 1 saturated heterocycles. The van der Waals surface area contributed by atoms with Gasteiger partial charge in [-0.2, -0.15) is 0 Å². The summed E-state index contributed by atoms with van der Waals surface area (Å²) in [6, 6.07) is 0. The van der Waals surface area contributed by atoms with Crippen molar-refractivity contribution in [2.75, 3.05) is 13.7 Å². The van der Waals surface area contributed by atoms with E-state index >= 15 is 0 Å². The van der Waals surface area contributed by atoms with E-state index in [1.165, 1.54) is 5.57 Å². The van der Waals surface area contributed by atoms with E-state index in [2.05, 4.69) is 44.4 Å². The molecular weight excluding hydrogens is 484 g/mol. The second-order valence-corrected chi connectivity index (χ2v) is 11.1. The average molecular weight is 527 g/mol. The van der Waals surface area contributed by atoms with Crippen molar-refractivity contribution in [2.24, 2.45) is 5.92 Å². The maximum absolute atomic E-state index is 12.7. The average Bonchev–Trinajstić information content (AvgIpc) is 3.63. The lowest BCUT2D eigenvalue weighted by atomic mass is 9.91. The van der Waals surface area contributed by atoms with Gasteiger partial charge >= 0.3 is 5.97 Å². The van der Waals surface area contributed by atoms with Crippen LogP contribution in [0.3, 0.4) is 0 Å². The number of aliphatic hydroxyl groups is 1. The van der Waals surface area contributed by atoms with Crippen molar-refractivity contribution in [3.05, 3.63) is 48.1 Å². The lowest BCUT2D eigenvalue weighted by Gasteiger charge is -2.27. The van der Waals surface area contributed by atoms with Crippen molar-refractivity contribution in [3.8, 4) is 11.8 Å². The Kier molecular flexibility index (Phi) is 10.4. The minimum absolute atomic E-state index is 0.0557. The van der Waals surface area contributed by atoms with Gasteiger partial charge in [0.15, 0.2) is 0 Å². The van der Waals surface area contributed by atoms with Crippen molar-refractivity contribution in [3.63, 3.8) is 0 Å². The molecule has 0 saturated carbocycles. The first-order valence-corrected chi connectivity index (χ1v) is 13.8. The summed E-state index contributed by atoms with van der Waals surface area (Å²) >= 11 is 0. The maximum atomic E-state index is 12.7. The molecule has 4 aliphatic rings. The SMILES string of the molecule is C=C1C[C@H](C)C[C@@H]2CC=C[C@@H](CC#CC(=O)O[C@H]([C@H](/C=C/[C@@H]3CC(C)=CCO3)OC)C[C@H]3O[C@H]3[C@@H](O)C1)O2. The van der Waals surface area contributed by atoms with E-state index in [9.17, 15) is 9.90 Å². The topological polar surface area (TPSA) is 86.8 Å². The van der Waals surface area contributed by atoms with E-state index in [4.69, 9.17) is 23.7 Å². The number of fused-ring (bicyclic) bond motifs is 3. The van der Waals surface area contributed by atoms with Crippen molar-refractivity contribution >= 4 is 5.97 Å². The van der Waals surface area contributed by atoms with Crippen LogP contribution in [0.1, 0.15) is 58.8 Å². The molecule has 7 heteroatoms. The number of hydrogen-bond donors (Lipinski definition) is 1. The van der Waals surface area contributed by atoms with E-state index in [1.54, 1.807) is 7.11 Å². The van der Waals surface area contributed by atoms with Crippen LogP contribution in [0.2, 0.25) is 0 Å². The third-order valence-electron chi connectivity index (χ3n) is 7.55. The van der Waals surface area contributed by atoms with E-state index in [0.29, 0.717) is 31.8 Å². The highest BCUT2D eigenvalue weighted by molar-refractivity contribution is 5.88. The zero-order chi connectivity index (χ0) is 27.1. The number of esters is 1. The van der Waals surface area contributed by atoms with Crippen LogP contribution in [0.4, 0.5) is 0 Å². The molecule has 0 aromatic rings. The quantitative estimate of drug-likeness (QED) is 0.193. The van der Waals surface area contributed by atoms with Gasteiger partial charge in [0.05, 0.1) is 37.1 Å². The van der Waals surface area contributed by atoms with Crippen molar-refractivity contribution in [2.45, 2.75) is 108 Å². The number of epoxide rings is 1. The summed E-state index contributed by atoms with van der Waals surface area (Å²) in [4.78, 5) is 12.7. The minimum Gasteiger partial charge on any atom is -0.450 e. The van der Waals surface area contributed by atoms with Crippen molar-refractivity contribution < 1.29 is 33.6 Å². The Morgan fingerprint density at radius 3 is 2.87 bits per heavy atom. The van der Waals surface area contributed by atoms with Crippen LogP contribution in [-0.4, -0.2) is 73.6 Å². The standard InChI is InChI=1S/C31H42O7/c1-20-13-14-35-24(16-20)11-12-27(34-4)28-19-29-31(38-29)26(32)18-22(3)15-21(2)17-25-9-5-7-23(36-25)8-6-10-30(33)37-28/h5,7,11-13,21,23-29,31-32H,3,8-9,14-19H2,1-2,4H3/b12-11+/t21-,23-,24+,25-,26-,27-,28-,29+,31-/m0/s1. The molecule has 2 bridgehead atoms. The zero-order valence-corrected chi connectivity index (χ0v) is 22.8. The van der Waals surface area contributed by atoms with Crippen LogP contribution in [0.15, 0.2) is 48.1 Å². The van der Waals surface area contributed by atoms with Gasteiger partial charge in [0.1, 0.15) is 18.3 Å². The largest absolute Gasteiger partial charge is 0.450 e. The summed E-state index contributed by atoms with van der Waals surface area (Å²) in [6.45, 7) is 9.07. The van der Waals surface area contributed by atoms with Crippen molar-refractivity contribution in [1.82, 2.24) is 0 Å². The van der Waals surface area contributed by atoms with Crippen LogP contribution in [0.25, 0.3) is 0 Å². The molecule has 0 aromatic carbocycles. The number of cyclic esters (lactones) is 1. The number of carbonyl (C=O) groups is 1. The van der Waals surface area contributed by atoms with Crippen LogP contribution in [0, 0.1) is 17.8 Å². The summed E-state index contributed by atoms with van der Waals surface area (Å²) in [5.41, 5.74) is 2.28. The normalized spacial score (nSPS) is 37.6. The summed E-state index contributed by atoms with van der Waals surface area (Å²) in [7, 11) is 1.58. The van der Waals surface area contributed by atoms with Gasteiger partial charge in [-0.25, -0.2) is 4.79 Å². The predicted molar refractivity (Wildman–Crippen MR) is 144 cm³/mol. The molecule has 9 atom stereocenters. The van der Waals surface area contributed by atoms with Gasteiger partial charge < -0.3 is 28.8 Å². The fraction of sp³-hybridized carbons (Fsp3) is 0.645. The Morgan fingerprint density at radius 1 is 1.24 bits per heavy atom. The first-order valence-electron chi connectivity index (χ1n) is 13.8. The van der Waals surface area contributed by atoms with E-state index in [0.717, 1.165) is 31.3 Å². The molecule has 0 unspecified atom stereocenters. The zero-order valence-electron chi connectivity index (χ0n) is 22.8. The molecule has 1 fully saturated rings. The highest BCUT2D eigenvalue weighted by atomic mass is 16.6. The van der Waals surface area contributed by atoms with Gasteiger partial charge in [0, 0.05) is 25.9 Å². The Morgan fingerprint density at radius 2 is 2.08 bits per heavy atom. The van der Waals surface area contributed by atoms with Crippen LogP contribution in [0.5, 0.6) is 0 Å². The third kappa shape index (κ3) is 8.65. The van der Waals surface area contributed by atoms with Crippen LogP contribution in [-0.2, 0) is 28.5 Å². The minimum atomic E-state index is -0.657. The Labute approximate surface area is 226 Å². The second kappa shape index (κ2) is 13.7. The fourth-order valence-corrected chi connectivity index (χ4v) is 5.56. The van der Waals surface area contributed by atoms with Gasteiger partial charge in [-0.15, -0.1) is 0 Å². The number of aliphatic hydroxyl groups excluding tert-OH is 1. The number of methoxy groups -OCH3 is 1. The first-order chi connectivity index (χ1) is 18.3. The summed E-state index contributed by atoms with van der Waals surface area (Å²) in [5, 5.41) is 10.8. The molecule has 38 heavy (non-hydrogen) atoms. The number of carbonyl (C=O) groups excluding carboxylic acids is 1. The smallest absolute Gasteiger partial charge is 0.384 e. The molecule has 0 aromatic heterocycles. The number of ether oxygens (including phenoxy) is 5. The lowest BCUT2D eigenvalue weighted by molar-refractivity contribution is -0.147. The molecule has 4 heterocycles. The van der Waals surface area contributed by atoms with Crippen molar-refractivity contribution in [1.29, 1.82) is 0 Å². The molecule has 208 valence electrons. The fourth-order valence-electron chi connectivity index (χ4n) is 5.56. The molecular formula is C31H42O7. The highest BCUT2D eigenvalue weighted by Gasteiger charge is 2.47. The van der Waals surface area contributed by atoms with E-state index in [1.807, 2.05) is 18.2 Å².